The van der Waals surface area contributed by atoms with Crippen molar-refractivity contribution < 1.29 is 19.7 Å². The average Bonchev–Trinajstić information content (AvgIpc) is 3.06. The van der Waals surface area contributed by atoms with Crippen molar-refractivity contribution in [3.05, 3.63) is 24.0 Å². The van der Waals surface area contributed by atoms with E-state index in [1.807, 2.05) is 13.8 Å². The molecular formula is C20H31NO4. The number of ether oxygens (including phenoxy) is 1. The van der Waals surface area contributed by atoms with Gasteiger partial charge in [0.1, 0.15) is 29.4 Å². The summed E-state index contributed by atoms with van der Waals surface area (Å²) in [5.74, 6) is -0.388. The fourth-order valence-corrected chi connectivity index (χ4v) is 5.00. The van der Waals surface area contributed by atoms with E-state index in [-0.39, 0.29) is 29.4 Å². The summed E-state index contributed by atoms with van der Waals surface area (Å²) in [6.45, 7) is 13.0. The standard InChI is InChI=1S/C20H31NO4/c1-12(2)17-16(22)10-14-6-8-21-9-7-15(18(14)21)11-25-13(3)19(4,23)20(17,5)24/h7,12,14,17-18,23-24H,3,6,8-11H2,1-2,4-5H3/t14-,17+,18-,19-,20-/m0/s1. The summed E-state index contributed by atoms with van der Waals surface area (Å²) in [5, 5.41) is 22.3. The van der Waals surface area contributed by atoms with E-state index in [0.717, 1.165) is 25.1 Å². The van der Waals surface area contributed by atoms with E-state index in [0.29, 0.717) is 13.0 Å². The Balaban J connectivity index is 2.02. The molecule has 0 saturated carbocycles. The second-order valence-corrected chi connectivity index (χ2v) is 8.59. The van der Waals surface area contributed by atoms with E-state index in [9.17, 15) is 15.0 Å². The Labute approximate surface area is 150 Å². The molecule has 0 aromatic carbocycles. The third kappa shape index (κ3) is 2.86. The minimum absolute atomic E-state index is 0.0214. The zero-order valence-corrected chi connectivity index (χ0v) is 15.8. The van der Waals surface area contributed by atoms with Crippen molar-refractivity contribution >= 4 is 5.78 Å². The second-order valence-electron chi connectivity index (χ2n) is 8.59. The number of nitrogens with zero attached hydrogens (tertiary/aromatic N) is 1. The minimum atomic E-state index is -1.71. The maximum atomic E-state index is 13.2. The summed E-state index contributed by atoms with van der Waals surface area (Å²) in [6, 6.07) is 0.234. The molecule has 0 radical (unpaired) electrons. The van der Waals surface area contributed by atoms with Gasteiger partial charge in [-0.3, -0.25) is 9.69 Å². The van der Waals surface area contributed by atoms with Crippen LogP contribution in [0.2, 0.25) is 0 Å². The summed E-state index contributed by atoms with van der Waals surface area (Å²) < 4.78 is 5.82. The molecule has 5 nitrogen and oxygen atoms in total. The second kappa shape index (κ2) is 6.22. The van der Waals surface area contributed by atoms with E-state index >= 15 is 0 Å². The summed E-state index contributed by atoms with van der Waals surface area (Å²) in [7, 11) is 0. The van der Waals surface area contributed by atoms with Gasteiger partial charge in [-0.25, -0.2) is 0 Å². The smallest absolute Gasteiger partial charge is 0.147 e. The molecule has 0 spiro atoms. The molecule has 0 unspecified atom stereocenters. The Morgan fingerprint density at radius 3 is 2.68 bits per heavy atom. The normalized spacial score (nSPS) is 42.8. The summed E-state index contributed by atoms with van der Waals surface area (Å²) in [6.07, 6.45) is 3.58. The first kappa shape index (κ1) is 18.6. The fourth-order valence-electron chi connectivity index (χ4n) is 5.00. The van der Waals surface area contributed by atoms with Crippen LogP contribution in [-0.4, -0.2) is 57.8 Å². The highest BCUT2D eigenvalue weighted by atomic mass is 16.5. The number of aliphatic hydroxyl groups is 2. The van der Waals surface area contributed by atoms with E-state index in [4.69, 9.17) is 4.74 Å². The molecule has 3 rings (SSSR count). The lowest BCUT2D eigenvalue weighted by molar-refractivity contribution is -0.176. The van der Waals surface area contributed by atoms with Crippen molar-refractivity contribution in [1.29, 1.82) is 0 Å². The average molecular weight is 349 g/mol. The Bertz CT molecular complexity index is 605. The molecule has 0 aromatic rings. The van der Waals surface area contributed by atoms with Gasteiger partial charge in [0.25, 0.3) is 0 Å². The predicted molar refractivity (Wildman–Crippen MR) is 95.8 cm³/mol. The molecule has 2 saturated heterocycles. The lowest BCUT2D eigenvalue weighted by Crippen LogP contribution is -2.59. The third-order valence-electron chi connectivity index (χ3n) is 6.62. The third-order valence-corrected chi connectivity index (χ3v) is 6.62. The van der Waals surface area contributed by atoms with Crippen molar-refractivity contribution in [2.24, 2.45) is 17.8 Å². The zero-order chi connectivity index (χ0) is 18.6. The quantitative estimate of drug-likeness (QED) is 0.708. The van der Waals surface area contributed by atoms with Gasteiger partial charge in [0.2, 0.25) is 0 Å². The number of ketones is 1. The van der Waals surface area contributed by atoms with Gasteiger partial charge in [0.15, 0.2) is 0 Å². The molecular weight excluding hydrogens is 318 g/mol. The molecule has 25 heavy (non-hydrogen) atoms. The number of Topliss-reactive ketones (excluding diaryl/α,β-unsaturated/α-hetero) is 1. The van der Waals surface area contributed by atoms with E-state index in [1.54, 1.807) is 0 Å². The van der Waals surface area contributed by atoms with Crippen LogP contribution in [-0.2, 0) is 9.53 Å². The Hall–Kier alpha value is -1.17. The first-order valence-corrected chi connectivity index (χ1v) is 9.30. The van der Waals surface area contributed by atoms with Crippen LogP contribution in [0.3, 0.4) is 0 Å². The molecule has 2 fully saturated rings. The molecule has 0 bridgehead atoms. The molecule has 5 heteroatoms. The summed E-state index contributed by atoms with van der Waals surface area (Å²) in [5.41, 5.74) is -2.20. The first-order chi connectivity index (χ1) is 11.6. The van der Waals surface area contributed by atoms with E-state index in [1.165, 1.54) is 13.8 Å². The number of rotatable bonds is 1. The van der Waals surface area contributed by atoms with Gasteiger partial charge in [-0.05, 0) is 44.2 Å². The van der Waals surface area contributed by atoms with Crippen LogP contribution in [0.15, 0.2) is 24.0 Å². The molecule has 140 valence electrons. The fraction of sp³-hybridized carbons (Fsp3) is 0.750. The molecule has 3 heterocycles. The molecule has 3 aliphatic rings. The molecule has 2 N–H and O–H groups in total. The van der Waals surface area contributed by atoms with Gasteiger partial charge < -0.3 is 14.9 Å². The highest BCUT2D eigenvalue weighted by Crippen LogP contribution is 2.43. The Kier molecular flexibility index (Phi) is 4.63. The van der Waals surface area contributed by atoms with Crippen LogP contribution in [0.5, 0.6) is 0 Å². The van der Waals surface area contributed by atoms with Crippen LogP contribution >= 0.6 is 0 Å². The zero-order valence-electron chi connectivity index (χ0n) is 15.8. The summed E-state index contributed by atoms with van der Waals surface area (Å²) >= 11 is 0. The highest BCUT2D eigenvalue weighted by Gasteiger charge is 2.55. The van der Waals surface area contributed by atoms with Gasteiger partial charge in [0, 0.05) is 19.0 Å². The van der Waals surface area contributed by atoms with Crippen LogP contribution in [0.4, 0.5) is 0 Å². The van der Waals surface area contributed by atoms with Gasteiger partial charge in [-0.1, -0.05) is 26.5 Å². The number of carbonyl (C=O) groups is 1. The van der Waals surface area contributed by atoms with E-state index in [2.05, 4.69) is 17.6 Å². The predicted octanol–water partition coefficient (Wildman–Crippen LogP) is 1.89. The largest absolute Gasteiger partial charge is 0.491 e. The maximum absolute atomic E-state index is 13.2. The molecule has 0 aliphatic carbocycles. The Morgan fingerprint density at radius 2 is 2.04 bits per heavy atom. The summed E-state index contributed by atoms with van der Waals surface area (Å²) in [4.78, 5) is 15.6. The van der Waals surface area contributed by atoms with Crippen LogP contribution in [0.1, 0.15) is 40.5 Å². The van der Waals surface area contributed by atoms with Crippen molar-refractivity contribution in [1.82, 2.24) is 4.90 Å². The maximum Gasteiger partial charge on any atom is 0.147 e. The minimum Gasteiger partial charge on any atom is -0.491 e. The number of carbonyl (C=O) groups excluding carboxylic acids is 1. The highest BCUT2D eigenvalue weighted by molar-refractivity contribution is 5.83. The van der Waals surface area contributed by atoms with E-state index < -0.39 is 17.1 Å². The Morgan fingerprint density at radius 1 is 1.36 bits per heavy atom. The van der Waals surface area contributed by atoms with Crippen molar-refractivity contribution in [2.75, 3.05) is 19.7 Å². The lowest BCUT2D eigenvalue weighted by Gasteiger charge is -2.45. The lowest BCUT2D eigenvalue weighted by atomic mass is 9.67. The molecule has 0 amide bonds. The van der Waals surface area contributed by atoms with Crippen molar-refractivity contribution in [3.8, 4) is 0 Å². The van der Waals surface area contributed by atoms with Crippen molar-refractivity contribution in [3.63, 3.8) is 0 Å². The van der Waals surface area contributed by atoms with Gasteiger partial charge in [-0.15, -0.1) is 0 Å². The molecule has 3 aliphatic heterocycles. The van der Waals surface area contributed by atoms with Crippen molar-refractivity contribution in [2.45, 2.75) is 57.8 Å². The molecule has 0 aromatic heterocycles. The SMILES string of the molecule is C=C1OCC2=CCN3CC[C@@H](CC(=O)[C@@H](C(C)C)[C@](C)(O)[C@@]1(C)O)[C@@H]23. The van der Waals surface area contributed by atoms with Gasteiger partial charge >= 0.3 is 0 Å². The molecule has 5 atom stereocenters. The number of hydrogen-bond acceptors (Lipinski definition) is 5. The van der Waals surface area contributed by atoms with Gasteiger partial charge in [0.05, 0.1) is 5.92 Å². The van der Waals surface area contributed by atoms with Crippen LogP contribution in [0, 0.1) is 17.8 Å². The monoisotopic (exact) mass is 349 g/mol. The number of hydrogen-bond donors (Lipinski definition) is 2. The topological polar surface area (TPSA) is 70.0 Å². The van der Waals surface area contributed by atoms with Gasteiger partial charge in [-0.2, -0.15) is 0 Å². The first-order valence-electron chi connectivity index (χ1n) is 9.30. The van der Waals surface area contributed by atoms with Crippen LogP contribution < -0.4 is 0 Å². The van der Waals surface area contributed by atoms with Crippen LogP contribution in [0.25, 0.3) is 0 Å².